The molecule has 2 aliphatic heterocycles. The minimum absolute atomic E-state index is 0.451. The van der Waals surface area contributed by atoms with Gasteiger partial charge in [0.2, 0.25) is 0 Å². The number of piperidine rings is 1. The molecule has 0 aromatic heterocycles. The molecule has 0 bridgehead atoms. The molecule has 0 aliphatic carbocycles. The SMILES string of the molecule is COCC1CCN(CC2(O)CCNCC2)C1. The van der Waals surface area contributed by atoms with Crippen molar-refractivity contribution in [2.45, 2.75) is 24.9 Å². The smallest absolute Gasteiger partial charge is 0.0798 e. The van der Waals surface area contributed by atoms with Crippen LogP contribution in [0.1, 0.15) is 19.3 Å². The van der Waals surface area contributed by atoms with Crippen molar-refractivity contribution in [3.05, 3.63) is 0 Å². The van der Waals surface area contributed by atoms with Crippen LogP contribution in [0.3, 0.4) is 0 Å². The quantitative estimate of drug-likeness (QED) is 0.715. The first-order chi connectivity index (χ1) is 7.72. The molecule has 0 amide bonds. The van der Waals surface area contributed by atoms with Gasteiger partial charge < -0.3 is 20.1 Å². The van der Waals surface area contributed by atoms with Crippen molar-refractivity contribution in [1.29, 1.82) is 0 Å². The summed E-state index contributed by atoms with van der Waals surface area (Å²) >= 11 is 0. The zero-order valence-corrected chi connectivity index (χ0v) is 10.2. The van der Waals surface area contributed by atoms with E-state index in [2.05, 4.69) is 10.2 Å². The Kier molecular flexibility index (Phi) is 4.19. The summed E-state index contributed by atoms with van der Waals surface area (Å²) in [6.45, 7) is 5.80. The van der Waals surface area contributed by atoms with E-state index in [-0.39, 0.29) is 0 Å². The molecule has 2 heterocycles. The molecule has 0 aromatic rings. The van der Waals surface area contributed by atoms with Crippen LogP contribution < -0.4 is 5.32 Å². The number of aliphatic hydroxyl groups is 1. The number of likely N-dealkylation sites (tertiary alicyclic amines) is 1. The van der Waals surface area contributed by atoms with Crippen molar-refractivity contribution in [1.82, 2.24) is 10.2 Å². The van der Waals surface area contributed by atoms with Crippen LogP contribution in [-0.2, 0) is 4.74 Å². The summed E-state index contributed by atoms with van der Waals surface area (Å²) in [5, 5.41) is 13.7. The summed E-state index contributed by atoms with van der Waals surface area (Å²) in [4.78, 5) is 2.40. The van der Waals surface area contributed by atoms with E-state index in [1.54, 1.807) is 7.11 Å². The van der Waals surface area contributed by atoms with Crippen LogP contribution in [-0.4, -0.2) is 62.0 Å². The Bertz CT molecular complexity index is 217. The van der Waals surface area contributed by atoms with E-state index < -0.39 is 5.60 Å². The predicted octanol–water partition coefficient (Wildman–Crippen LogP) is 0.0692. The highest BCUT2D eigenvalue weighted by atomic mass is 16.5. The minimum Gasteiger partial charge on any atom is -0.388 e. The van der Waals surface area contributed by atoms with Gasteiger partial charge in [-0.3, -0.25) is 0 Å². The molecule has 2 saturated heterocycles. The van der Waals surface area contributed by atoms with Crippen LogP contribution in [0.2, 0.25) is 0 Å². The zero-order chi connectivity index (χ0) is 11.4. The van der Waals surface area contributed by atoms with Gasteiger partial charge in [0.1, 0.15) is 0 Å². The van der Waals surface area contributed by atoms with Crippen LogP contribution in [0, 0.1) is 5.92 Å². The summed E-state index contributed by atoms with van der Waals surface area (Å²) in [6.07, 6.45) is 2.99. The van der Waals surface area contributed by atoms with Gasteiger partial charge in [-0.2, -0.15) is 0 Å². The third-order valence-corrected chi connectivity index (χ3v) is 3.82. The molecule has 4 nitrogen and oxygen atoms in total. The van der Waals surface area contributed by atoms with Crippen molar-refractivity contribution < 1.29 is 9.84 Å². The van der Waals surface area contributed by atoms with Crippen molar-refractivity contribution in [2.75, 3.05) is 46.4 Å². The average Bonchev–Trinajstić information content (AvgIpc) is 2.66. The van der Waals surface area contributed by atoms with Crippen molar-refractivity contribution in [3.8, 4) is 0 Å². The fraction of sp³-hybridized carbons (Fsp3) is 1.00. The number of ether oxygens (including phenoxy) is 1. The highest BCUT2D eigenvalue weighted by Gasteiger charge is 2.33. The molecule has 2 N–H and O–H groups in total. The zero-order valence-electron chi connectivity index (χ0n) is 10.2. The highest BCUT2D eigenvalue weighted by Crippen LogP contribution is 2.24. The van der Waals surface area contributed by atoms with Gasteiger partial charge in [-0.25, -0.2) is 0 Å². The number of methoxy groups -OCH3 is 1. The molecule has 0 radical (unpaired) electrons. The Morgan fingerprint density at radius 1 is 1.44 bits per heavy atom. The number of nitrogens with zero attached hydrogens (tertiary/aromatic N) is 1. The molecular weight excluding hydrogens is 204 g/mol. The van der Waals surface area contributed by atoms with Crippen LogP contribution in [0.5, 0.6) is 0 Å². The molecule has 0 aromatic carbocycles. The number of hydrogen-bond donors (Lipinski definition) is 2. The molecule has 1 atom stereocenters. The molecule has 0 saturated carbocycles. The van der Waals surface area contributed by atoms with Crippen LogP contribution >= 0.6 is 0 Å². The lowest BCUT2D eigenvalue weighted by Gasteiger charge is -2.35. The van der Waals surface area contributed by atoms with Crippen molar-refractivity contribution >= 4 is 0 Å². The highest BCUT2D eigenvalue weighted by molar-refractivity contribution is 4.89. The van der Waals surface area contributed by atoms with E-state index in [1.807, 2.05) is 0 Å². The summed E-state index contributed by atoms with van der Waals surface area (Å²) in [5.74, 6) is 0.662. The Labute approximate surface area is 98.0 Å². The summed E-state index contributed by atoms with van der Waals surface area (Å²) in [5.41, 5.74) is -0.451. The number of hydrogen-bond acceptors (Lipinski definition) is 4. The maximum Gasteiger partial charge on any atom is 0.0798 e. The minimum atomic E-state index is -0.451. The van der Waals surface area contributed by atoms with Gasteiger partial charge in [0.15, 0.2) is 0 Å². The summed E-state index contributed by atoms with van der Waals surface area (Å²) < 4.78 is 5.19. The molecule has 4 heteroatoms. The maximum absolute atomic E-state index is 10.4. The van der Waals surface area contributed by atoms with Gasteiger partial charge in [-0.1, -0.05) is 0 Å². The maximum atomic E-state index is 10.4. The van der Waals surface area contributed by atoms with Crippen LogP contribution in [0.25, 0.3) is 0 Å². The first-order valence-corrected chi connectivity index (χ1v) is 6.36. The Hall–Kier alpha value is -0.160. The van der Waals surface area contributed by atoms with Gasteiger partial charge in [0.25, 0.3) is 0 Å². The van der Waals surface area contributed by atoms with E-state index in [1.165, 1.54) is 6.42 Å². The second-order valence-electron chi connectivity index (χ2n) is 5.32. The van der Waals surface area contributed by atoms with Crippen molar-refractivity contribution in [2.24, 2.45) is 5.92 Å². The molecular formula is C12H24N2O2. The van der Waals surface area contributed by atoms with E-state index in [9.17, 15) is 5.11 Å². The van der Waals surface area contributed by atoms with Crippen LogP contribution in [0.15, 0.2) is 0 Å². The fourth-order valence-electron chi connectivity index (χ4n) is 2.89. The third kappa shape index (κ3) is 3.17. The Morgan fingerprint density at radius 3 is 2.88 bits per heavy atom. The lowest BCUT2D eigenvalue weighted by atomic mass is 9.92. The molecule has 1 unspecified atom stereocenters. The van der Waals surface area contributed by atoms with E-state index in [0.717, 1.165) is 52.2 Å². The van der Waals surface area contributed by atoms with Gasteiger partial charge in [-0.15, -0.1) is 0 Å². The molecule has 2 aliphatic rings. The molecule has 16 heavy (non-hydrogen) atoms. The molecule has 2 rings (SSSR count). The normalized spacial score (nSPS) is 30.8. The van der Waals surface area contributed by atoms with E-state index in [0.29, 0.717) is 5.92 Å². The molecule has 2 fully saturated rings. The van der Waals surface area contributed by atoms with Crippen molar-refractivity contribution in [3.63, 3.8) is 0 Å². The number of nitrogens with one attached hydrogen (secondary N) is 1. The first-order valence-electron chi connectivity index (χ1n) is 6.36. The van der Waals surface area contributed by atoms with Gasteiger partial charge in [0, 0.05) is 20.2 Å². The van der Waals surface area contributed by atoms with Gasteiger partial charge in [-0.05, 0) is 44.8 Å². The third-order valence-electron chi connectivity index (χ3n) is 3.82. The summed E-state index contributed by atoms with van der Waals surface area (Å²) in [6, 6.07) is 0. The second-order valence-corrected chi connectivity index (χ2v) is 5.32. The largest absolute Gasteiger partial charge is 0.388 e. The first kappa shape index (κ1) is 12.3. The van der Waals surface area contributed by atoms with Gasteiger partial charge >= 0.3 is 0 Å². The Morgan fingerprint density at radius 2 is 2.19 bits per heavy atom. The van der Waals surface area contributed by atoms with Gasteiger partial charge in [0.05, 0.1) is 12.2 Å². The second kappa shape index (κ2) is 5.45. The van der Waals surface area contributed by atoms with E-state index in [4.69, 9.17) is 4.74 Å². The fourth-order valence-corrected chi connectivity index (χ4v) is 2.89. The van der Waals surface area contributed by atoms with Crippen LogP contribution in [0.4, 0.5) is 0 Å². The van der Waals surface area contributed by atoms with E-state index >= 15 is 0 Å². The standard InChI is InChI=1S/C12H24N2O2/c1-16-9-11-2-7-14(8-11)10-12(15)3-5-13-6-4-12/h11,13,15H,2-10H2,1H3. The number of β-amino-alcohol motifs (C(OH)–C–C–N with tert-alkyl or cyclic N) is 1. The number of rotatable bonds is 4. The predicted molar refractivity (Wildman–Crippen MR) is 63.5 cm³/mol. The topological polar surface area (TPSA) is 44.7 Å². The monoisotopic (exact) mass is 228 g/mol. The molecule has 0 spiro atoms. The Balaban J connectivity index is 1.77. The summed E-state index contributed by atoms with van der Waals surface area (Å²) in [7, 11) is 1.77. The lowest BCUT2D eigenvalue weighted by Crippen LogP contribution is -2.49. The molecule has 94 valence electrons. The lowest BCUT2D eigenvalue weighted by molar-refractivity contribution is -0.0172. The average molecular weight is 228 g/mol.